The van der Waals surface area contributed by atoms with E-state index in [9.17, 15) is 9.59 Å². The van der Waals surface area contributed by atoms with Crippen LogP contribution in [-0.2, 0) is 9.53 Å². The van der Waals surface area contributed by atoms with Gasteiger partial charge in [0.25, 0.3) is 0 Å². The fraction of sp³-hybridized carbons (Fsp3) is 0.350. The van der Waals surface area contributed by atoms with E-state index in [1.165, 1.54) is 7.11 Å². The number of primary amides is 1. The van der Waals surface area contributed by atoms with E-state index < -0.39 is 5.91 Å². The molecule has 0 saturated carbocycles. The molecule has 1 saturated heterocycles. The Morgan fingerprint density at radius 1 is 1.23 bits per heavy atom. The van der Waals surface area contributed by atoms with Gasteiger partial charge in [0.15, 0.2) is 0 Å². The summed E-state index contributed by atoms with van der Waals surface area (Å²) in [6.07, 6.45) is 1.97. The minimum Gasteiger partial charge on any atom is -0.375 e. The molecule has 0 aliphatic carbocycles. The van der Waals surface area contributed by atoms with Crippen molar-refractivity contribution in [3.05, 3.63) is 53.7 Å². The zero-order valence-corrected chi connectivity index (χ0v) is 14.9. The van der Waals surface area contributed by atoms with Crippen molar-refractivity contribution in [3.63, 3.8) is 0 Å². The van der Waals surface area contributed by atoms with E-state index in [-0.39, 0.29) is 18.4 Å². The lowest BCUT2D eigenvalue weighted by atomic mass is 9.93. The molecule has 2 amide bonds. The Kier molecular flexibility index (Phi) is 5.63. The average molecular weight is 353 g/mol. The quantitative estimate of drug-likeness (QED) is 0.893. The van der Waals surface area contributed by atoms with Crippen LogP contribution in [0.25, 0.3) is 11.3 Å². The summed E-state index contributed by atoms with van der Waals surface area (Å²) in [5.41, 5.74) is 8.52. The molecule has 0 radical (unpaired) electrons. The highest BCUT2D eigenvalue weighted by atomic mass is 16.5. The zero-order chi connectivity index (χ0) is 18.5. The van der Waals surface area contributed by atoms with Gasteiger partial charge in [0, 0.05) is 42.9 Å². The number of ether oxygens (including phenoxy) is 1. The highest BCUT2D eigenvalue weighted by Gasteiger charge is 2.25. The van der Waals surface area contributed by atoms with Gasteiger partial charge in [0.05, 0.1) is 5.69 Å². The maximum Gasteiger partial charge on any atom is 0.248 e. The van der Waals surface area contributed by atoms with Gasteiger partial charge >= 0.3 is 0 Å². The van der Waals surface area contributed by atoms with Crippen LogP contribution in [0, 0.1) is 0 Å². The second-order valence-corrected chi connectivity index (χ2v) is 6.50. The van der Waals surface area contributed by atoms with Gasteiger partial charge in [-0.15, -0.1) is 0 Å². The Morgan fingerprint density at radius 3 is 2.69 bits per heavy atom. The van der Waals surface area contributed by atoms with Crippen molar-refractivity contribution in [3.8, 4) is 11.3 Å². The number of hydrogen-bond donors (Lipinski definition) is 1. The van der Waals surface area contributed by atoms with Crippen molar-refractivity contribution in [1.82, 2.24) is 9.88 Å². The summed E-state index contributed by atoms with van der Waals surface area (Å²) >= 11 is 0. The molecule has 1 atom stereocenters. The third-order valence-electron chi connectivity index (χ3n) is 4.70. The number of rotatable bonds is 5. The summed E-state index contributed by atoms with van der Waals surface area (Å²) in [6, 6.07) is 13.0. The van der Waals surface area contributed by atoms with E-state index in [0.29, 0.717) is 12.1 Å². The standard InChI is InChI=1S/C20H23N3O3/c1-26-13-19(24)23-11-3-4-16(12-23)18-6-2-5-17(22-18)14-7-9-15(10-8-14)20(21)25/h2,5-10,16H,3-4,11-13H2,1H3,(H2,21,25). The van der Waals surface area contributed by atoms with E-state index in [2.05, 4.69) is 0 Å². The summed E-state index contributed by atoms with van der Waals surface area (Å²) in [4.78, 5) is 30.0. The third kappa shape index (κ3) is 4.08. The number of hydrogen-bond acceptors (Lipinski definition) is 4. The highest BCUT2D eigenvalue weighted by molar-refractivity contribution is 5.93. The molecule has 26 heavy (non-hydrogen) atoms. The van der Waals surface area contributed by atoms with Crippen LogP contribution in [0.2, 0.25) is 0 Å². The van der Waals surface area contributed by atoms with E-state index in [1.54, 1.807) is 12.1 Å². The Balaban J connectivity index is 1.78. The molecule has 2 N–H and O–H groups in total. The normalized spacial score (nSPS) is 17.1. The van der Waals surface area contributed by atoms with Gasteiger partial charge in [-0.3, -0.25) is 14.6 Å². The van der Waals surface area contributed by atoms with Gasteiger partial charge in [-0.05, 0) is 37.1 Å². The largest absolute Gasteiger partial charge is 0.375 e. The lowest BCUT2D eigenvalue weighted by molar-refractivity contribution is -0.136. The molecule has 1 aliphatic rings. The number of piperidine rings is 1. The second kappa shape index (κ2) is 8.10. The molecule has 1 aromatic heterocycles. The Hall–Kier alpha value is -2.73. The summed E-state index contributed by atoms with van der Waals surface area (Å²) in [5.74, 6) is -0.203. The SMILES string of the molecule is COCC(=O)N1CCCC(c2cccc(-c3ccc(C(N)=O)cc3)n2)C1. The van der Waals surface area contributed by atoms with Crippen LogP contribution in [0.5, 0.6) is 0 Å². The molecular weight excluding hydrogens is 330 g/mol. The van der Waals surface area contributed by atoms with Crippen molar-refractivity contribution in [2.75, 3.05) is 26.8 Å². The number of nitrogens with two attached hydrogens (primary N) is 1. The molecule has 6 nitrogen and oxygen atoms in total. The minimum atomic E-state index is -0.443. The second-order valence-electron chi connectivity index (χ2n) is 6.50. The van der Waals surface area contributed by atoms with Gasteiger partial charge in [0.2, 0.25) is 11.8 Å². The smallest absolute Gasteiger partial charge is 0.248 e. The number of likely N-dealkylation sites (tertiary alicyclic amines) is 1. The summed E-state index contributed by atoms with van der Waals surface area (Å²) in [6.45, 7) is 1.55. The lowest BCUT2D eigenvalue weighted by Gasteiger charge is -2.32. The molecule has 3 rings (SSSR count). The van der Waals surface area contributed by atoms with Crippen LogP contribution in [0.15, 0.2) is 42.5 Å². The number of nitrogens with zero attached hydrogens (tertiary/aromatic N) is 2. The first-order valence-electron chi connectivity index (χ1n) is 8.72. The molecule has 0 spiro atoms. The summed E-state index contributed by atoms with van der Waals surface area (Å²) in [7, 11) is 1.54. The van der Waals surface area contributed by atoms with E-state index >= 15 is 0 Å². The van der Waals surface area contributed by atoms with Gasteiger partial charge < -0.3 is 15.4 Å². The molecule has 1 unspecified atom stereocenters. The van der Waals surface area contributed by atoms with Gasteiger partial charge in [-0.1, -0.05) is 18.2 Å². The van der Waals surface area contributed by atoms with E-state index in [4.69, 9.17) is 15.5 Å². The minimum absolute atomic E-state index is 0.0235. The topological polar surface area (TPSA) is 85.5 Å². The molecule has 1 aliphatic heterocycles. The number of carbonyl (C=O) groups is 2. The number of methoxy groups -OCH3 is 1. The van der Waals surface area contributed by atoms with Crippen molar-refractivity contribution in [2.45, 2.75) is 18.8 Å². The molecule has 0 bridgehead atoms. The monoisotopic (exact) mass is 353 g/mol. The average Bonchev–Trinajstić information content (AvgIpc) is 2.68. The predicted octanol–water partition coefficient (Wildman–Crippen LogP) is 2.20. The molecule has 1 fully saturated rings. The Bertz CT molecular complexity index is 789. The first kappa shape index (κ1) is 18.1. The summed E-state index contributed by atoms with van der Waals surface area (Å²) in [5, 5.41) is 0. The number of pyridine rings is 1. The Labute approximate surface area is 153 Å². The number of benzene rings is 1. The van der Waals surface area contributed by atoms with Crippen LogP contribution in [0.3, 0.4) is 0 Å². The summed E-state index contributed by atoms with van der Waals surface area (Å²) < 4.78 is 4.96. The van der Waals surface area contributed by atoms with Gasteiger partial charge in [0.1, 0.15) is 6.61 Å². The van der Waals surface area contributed by atoms with Crippen molar-refractivity contribution < 1.29 is 14.3 Å². The maximum absolute atomic E-state index is 12.1. The van der Waals surface area contributed by atoms with Crippen LogP contribution in [-0.4, -0.2) is 48.5 Å². The van der Waals surface area contributed by atoms with E-state index in [0.717, 1.165) is 36.3 Å². The predicted molar refractivity (Wildman–Crippen MR) is 98.6 cm³/mol. The number of amides is 2. The molecule has 1 aromatic carbocycles. The van der Waals surface area contributed by atoms with Crippen molar-refractivity contribution >= 4 is 11.8 Å². The van der Waals surface area contributed by atoms with Crippen LogP contribution in [0.1, 0.15) is 34.8 Å². The number of carbonyl (C=O) groups excluding carboxylic acids is 2. The van der Waals surface area contributed by atoms with Crippen molar-refractivity contribution in [2.24, 2.45) is 5.73 Å². The third-order valence-corrected chi connectivity index (χ3v) is 4.70. The number of aromatic nitrogens is 1. The fourth-order valence-corrected chi connectivity index (χ4v) is 3.30. The van der Waals surface area contributed by atoms with Crippen LogP contribution in [0.4, 0.5) is 0 Å². The lowest BCUT2D eigenvalue weighted by Crippen LogP contribution is -2.41. The molecule has 2 aromatic rings. The van der Waals surface area contributed by atoms with Gasteiger partial charge in [-0.2, -0.15) is 0 Å². The molecule has 2 heterocycles. The van der Waals surface area contributed by atoms with Crippen LogP contribution < -0.4 is 5.73 Å². The molecule has 136 valence electrons. The van der Waals surface area contributed by atoms with Crippen LogP contribution >= 0.6 is 0 Å². The Morgan fingerprint density at radius 2 is 2.00 bits per heavy atom. The first-order valence-corrected chi connectivity index (χ1v) is 8.72. The maximum atomic E-state index is 12.1. The van der Waals surface area contributed by atoms with Gasteiger partial charge in [-0.25, -0.2) is 0 Å². The fourth-order valence-electron chi connectivity index (χ4n) is 3.30. The molecular formula is C20H23N3O3. The zero-order valence-electron chi connectivity index (χ0n) is 14.9. The molecule has 6 heteroatoms. The first-order chi connectivity index (χ1) is 12.6. The van der Waals surface area contributed by atoms with E-state index in [1.807, 2.05) is 35.2 Å². The highest BCUT2D eigenvalue weighted by Crippen LogP contribution is 2.27. The van der Waals surface area contributed by atoms with Crippen molar-refractivity contribution in [1.29, 1.82) is 0 Å².